The van der Waals surface area contributed by atoms with Gasteiger partial charge in [0.15, 0.2) is 0 Å². The average Bonchev–Trinajstić information content (AvgIpc) is 2.24. The lowest BCUT2D eigenvalue weighted by atomic mass is 10.1. The van der Waals surface area contributed by atoms with Crippen LogP contribution in [0.1, 0.15) is 12.0 Å². The Hall–Kier alpha value is -1.07. The fourth-order valence-electron chi connectivity index (χ4n) is 1.48. The van der Waals surface area contributed by atoms with Gasteiger partial charge in [0.1, 0.15) is 0 Å². The monoisotopic (exact) mass is 243 g/mol. The van der Waals surface area contributed by atoms with Crippen LogP contribution in [0.4, 0.5) is 5.69 Å². The third-order valence-corrected chi connectivity index (χ3v) is 3.62. The summed E-state index contributed by atoms with van der Waals surface area (Å²) < 4.78 is 24.1. The van der Waals surface area contributed by atoms with E-state index in [-0.39, 0.29) is 6.61 Å². The minimum Gasteiger partial charge on any atom is -0.396 e. The first-order valence-electron chi connectivity index (χ1n) is 5.09. The molecule has 16 heavy (non-hydrogen) atoms. The van der Waals surface area contributed by atoms with E-state index in [1.807, 2.05) is 12.1 Å². The molecule has 0 heterocycles. The maximum atomic E-state index is 11.4. The highest BCUT2D eigenvalue weighted by Gasteiger charge is 2.14. The lowest BCUT2D eigenvalue weighted by molar-refractivity contribution is 0.288. The zero-order valence-electron chi connectivity index (χ0n) is 9.55. The van der Waals surface area contributed by atoms with Crippen LogP contribution in [0.25, 0.3) is 0 Å². The molecule has 0 fully saturated rings. The second-order valence-electron chi connectivity index (χ2n) is 3.69. The van der Waals surface area contributed by atoms with Gasteiger partial charge in [-0.05, 0) is 24.5 Å². The minimum atomic E-state index is -3.23. The molecule has 90 valence electrons. The van der Waals surface area contributed by atoms with E-state index in [1.165, 1.54) is 17.6 Å². The summed E-state index contributed by atoms with van der Waals surface area (Å²) in [5.41, 5.74) is 1.61. The van der Waals surface area contributed by atoms with Gasteiger partial charge in [-0.15, -0.1) is 0 Å². The van der Waals surface area contributed by atoms with E-state index >= 15 is 0 Å². The summed E-state index contributed by atoms with van der Waals surface area (Å²) in [5.74, 6) is 0. The summed E-state index contributed by atoms with van der Waals surface area (Å²) in [4.78, 5) is 0. The number of benzene rings is 1. The first-order chi connectivity index (χ1) is 7.46. The van der Waals surface area contributed by atoms with Crippen LogP contribution in [0.3, 0.4) is 0 Å². The first kappa shape index (κ1) is 13.0. The number of anilines is 1. The van der Waals surface area contributed by atoms with Crippen molar-refractivity contribution in [2.75, 3.05) is 24.2 Å². The summed E-state index contributed by atoms with van der Waals surface area (Å²) >= 11 is 0. The van der Waals surface area contributed by atoms with E-state index in [1.54, 1.807) is 12.1 Å². The summed E-state index contributed by atoms with van der Waals surface area (Å²) in [6.45, 7) is 0.108. The molecule has 0 saturated carbocycles. The van der Waals surface area contributed by atoms with Crippen LogP contribution in [0.15, 0.2) is 24.3 Å². The molecule has 1 rings (SSSR count). The normalized spacial score (nSPS) is 11.4. The van der Waals surface area contributed by atoms with E-state index < -0.39 is 10.0 Å². The zero-order chi connectivity index (χ0) is 12.2. The van der Waals surface area contributed by atoms with Gasteiger partial charge >= 0.3 is 0 Å². The van der Waals surface area contributed by atoms with Gasteiger partial charge in [-0.25, -0.2) is 8.42 Å². The number of nitrogens with zero attached hydrogens (tertiary/aromatic N) is 1. The Bertz CT molecular complexity index is 442. The second-order valence-corrected chi connectivity index (χ2v) is 5.70. The standard InChI is InChI=1S/C11H17NO3S/c1-12(16(2,14)15)11-8-4-3-6-10(11)7-5-9-13/h3-4,6,8,13H,5,7,9H2,1-2H3. The Morgan fingerprint density at radius 3 is 2.50 bits per heavy atom. The quantitative estimate of drug-likeness (QED) is 0.839. The highest BCUT2D eigenvalue weighted by Crippen LogP contribution is 2.22. The molecule has 0 aliphatic heterocycles. The van der Waals surface area contributed by atoms with Gasteiger partial charge in [0, 0.05) is 13.7 Å². The Balaban J connectivity index is 3.03. The molecule has 0 amide bonds. The van der Waals surface area contributed by atoms with Crippen molar-refractivity contribution in [3.8, 4) is 0 Å². The van der Waals surface area contributed by atoms with Crippen LogP contribution >= 0.6 is 0 Å². The van der Waals surface area contributed by atoms with Crippen LogP contribution in [0.5, 0.6) is 0 Å². The van der Waals surface area contributed by atoms with E-state index in [0.29, 0.717) is 18.5 Å². The number of para-hydroxylation sites is 1. The Labute approximate surface area is 96.6 Å². The first-order valence-corrected chi connectivity index (χ1v) is 6.94. The molecule has 5 heteroatoms. The second kappa shape index (κ2) is 5.32. The molecule has 0 atom stereocenters. The largest absolute Gasteiger partial charge is 0.396 e. The molecule has 4 nitrogen and oxygen atoms in total. The zero-order valence-corrected chi connectivity index (χ0v) is 10.4. The molecule has 1 N–H and O–H groups in total. The maximum absolute atomic E-state index is 11.4. The van der Waals surface area contributed by atoms with Crippen molar-refractivity contribution in [1.82, 2.24) is 0 Å². The highest BCUT2D eigenvalue weighted by molar-refractivity contribution is 7.92. The van der Waals surface area contributed by atoms with Crippen LogP contribution < -0.4 is 4.31 Å². The van der Waals surface area contributed by atoms with Crippen LogP contribution in [-0.2, 0) is 16.4 Å². The van der Waals surface area contributed by atoms with Crippen LogP contribution in [0.2, 0.25) is 0 Å². The Kier molecular flexibility index (Phi) is 4.32. The molecule has 0 aliphatic rings. The summed E-state index contributed by atoms with van der Waals surface area (Å²) in [5, 5.41) is 8.79. The molecule has 0 unspecified atom stereocenters. The number of rotatable bonds is 5. The fourth-order valence-corrected chi connectivity index (χ4v) is 2.01. The van der Waals surface area contributed by atoms with Gasteiger partial charge in [-0.3, -0.25) is 4.31 Å². The summed E-state index contributed by atoms with van der Waals surface area (Å²) in [6, 6.07) is 7.33. The topological polar surface area (TPSA) is 57.6 Å². The smallest absolute Gasteiger partial charge is 0.232 e. The molecule has 0 saturated heterocycles. The van der Waals surface area contributed by atoms with Gasteiger partial charge in [-0.2, -0.15) is 0 Å². The molecular formula is C11H17NO3S. The van der Waals surface area contributed by atoms with Crippen molar-refractivity contribution in [2.24, 2.45) is 0 Å². The lowest BCUT2D eigenvalue weighted by Gasteiger charge is -2.20. The number of hydrogen-bond acceptors (Lipinski definition) is 3. The molecule has 0 aromatic heterocycles. The Morgan fingerprint density at radius 1 is 1.31 bits per heavy atom. The number of sulfonamides is 1. The SMILES string of the molecule is CN(c1ccccc1CCCO)S(C)(=O)=O. The lowest BCUT2D eigenvalue weighted by Crippen LogP contribution is -2.25. The van der Waals surface area contributed by atoms with Crippen LogP contribution in [-0.4, -0.2) is 33.4 Å². The summed E-state index contributed by atoms with van der Waals surface area (Å²) in [6.07, 6.45) is 2.48. The molecule has 0 spiro atoms. The molecule has 1 aromatic rings. The molecule has 0 aliphatic carbocycles. The third-order valence-electron chi connectivity index (χ3n) is 2.43. The van der Waals surface area contributed by atoms with E-state index in [2.05, 4.69) is 0 Å². The summed E-state index contributed by atoms with van der Waals surface area (Å²) in [7, 11) is -1.70. The molecular weight excluding hydrogens is 226 g/mol. The molecule has 0 radical (unpaired) electrons. The van der Waals surface area contributed by atoms with E-state index in [4.69, 9.17) is 5.11 Å². The van der Waals surface area contributed by atoms with Gasteiger partial charge in [-0.1, -0.05) is 18.2 Å². The third kappa shape index (κ3) is 3.21. The predicted octanol–water partition coefficient (Wildman–Crippen LogP) is 1.01. The van der Waals surface area contributed by atoms with Crippen molar-refractivity contribution in [2.45, 2.75) is 12.8 Å². The van der Waals surface area contributed by atoms with Crippen LogP contribution in [0, 0.1) is 0 Å². The van der Waals surface area contributed by atoms with Gasteiger partial charge in [0.25, 0.3) is 0 Å². The van der Waals surface area contributed by atoms with E-state index in [0.717, 1.165) is 5.56 Å². The maximum Gasteiger partial charge on any atom is 0.232 e. The number of hydrogen-bond donors (Lipinski definition) is 1. The van der Waals surface area contributed by atoms with Gasteiger partial charge < -0.3 is 5.11 Å². The minimum absolute atomic E-state index is 0.108. The fraction of sp³-hybridized carbons (Fsp3) is 0.455. The van der Waals surface area contributed by atoms with Crippen molar-refractivity contribution in [3.05, 3.63) is 29.8 Å². The highest BCUT2D eigenvalue weighted by atomic mass is 32.2. The average molecular weight is 243 g/mol. The number of aryl methyl sites for hydroxylation is 1. The van der Waals surface area contributed by atoms with Gasteiger partial charge in [0.05, 0.1) is 11.9 Å². The Morgan fingerprint density at radius 2 is 1.94 bits per heavy atom. The molecule has 0 bridgehead atoms. The van der Waals surface area contributed by atoms with Crippen molar-refractivity contribution in [1.29, 1.82) is 0 Å². The van der Waals surface area contributed by atoms with Crippen molar-refractivity contribution >= 4 is 15.7 Å². The molecule has 1 aromatic carbocycles. The van der Waals surface area contributed by atoms with Gasteiger partial charge in [0.2, 0.25) is 10.0 Å². The number of aliphatic hydroxyl groups excluding tert-OH is 1. The van der Waals surface area contributed by atoms with Crippen molar-refractivity contribution in [3.63, 3.8) is 0 Å². The number of aliphatic hydroxyl groups is 1. The predicted molar refractivity (Wildman–Crippen MR) is 65.1 cm³/mol. The van der Waals surface area contributed by atoms with E-state index in [9.17, 15) is 8.42 Å². The van der Waals surface area contributed by atoms with Crippen molar-refractivity contribution < 1.29 is 13.5 Å².